The van der Waals surface area contributed by atoms with Gasteiger partial charge in [0.25, 0.3) is 0 Å². The second-order valence-electron chi connectivity index (χ2n) is 6.55. The van der Waals surface area contributed by atoms with E-state index in [9.17, 15) is 14.7 Å². The van der Waals surface area contributed by atoms with Gasteiger partial charge in [-0.05, 0) is 31.6 Å². The summed E-state index contributed by atoms with van der Waals surface area (Å²) in [6.45, 7) is 10.3. The van der Waals surface area contributed by atoms with Crippen LogP contribution < -0.4 is 5.32 Å². The van der Waals surface area contributed by atoms with Gasteiger partial charge in [0, 0.05) is 11.8 Å². The topological polar surface area (TPSA) is 69.6 Å². The molecule has 122 valence electrons. The first kappa shape index (κ1) is 18.1. The lowest BCUT2D eigenvalue weighted by atomic mass is 10.0. The zero-order valence-corrected chi connectivity index (χ0v) is 14.4. The Morgan fingerprint density at radius 1 is 1.24 bits per heavy atom. The van der Waals surface area contributed by atoms with E-state index in [2.05, 4.69) is 19.2 Å². The molecule has 1 saturated heterocycles. The molecule has 1 rings (SSSR count). The number of aliphatic carboxylic acids is 1. The normalized spacial score (nSPS) is 23.7. The predicted octanol–water partition coefficient (Wildman–Crippen LogP) is 3.00. The first-order valence-corrected chi connectivity index (χ1v) is 8.72. The van der Waals surface area contributed by atoms with E-state index in [1.165, 1.54) is 4.90 Å². The van der Waals surface area contributed by atoms with Gasteiger partial charge in [-0.25, -0.2) is 9.59 Å². The molecule has 3 atom stereocenters. The lowest BCUT2D eigenvalue weighted by Gasteiger charge is -2.31. The molecule has 2 amide bonds. The highest BCUT2D eigenvalue weighted by Gasteiger charge is 2.43. The predicted molar refractivity (Wildman–Crippen MR) is 86.4 cm³/mol. The molecule has 0 saturated carbocycles. The van der Waals surface area contributed by atoms with Gasteiger partial charge in [-0.1, -0.05) is 27.7 Å². The Morgan fingerprint density at radius 2 is 1.86 bits per heavy atom. The maximum Gasteiger partial charge on any atom is 0.327 e. The number of hydrogen-bond donors (Lipinski definition) is 2. The second kappa shape index (κ2) is 7.92. The lowest BCUT2D eigenvalue weighted by molar-refractivity contribution is -0.141. The van der Waals surface area contributed by atoms with Crippen LogP contribution in [0.1, 0.15) is 47.5 Å². The first-order valence-electron chi connectivity index (χ1n) is 7.67. The molecule has 21 heavy (non-hydrogen) atoms. The average Bonchev–Trinajstić information content (AvgIpc) is 2.81. The van der Waals surface area contributed by atoms with Crippen molar-refractivity contribution in [1.82, 2.24) is 10.2 Å². The molecular weight excluding hydrogens is 288 g/mol. The molecule has 0 spiro atoms. The SMILES string of the molecule is CC(C)CCC(C)NC(=O)N1C(C(=O)O)CSC1C(C)C. The van der Waals surface area contributed by atoms with Crippen molar-refractivity contribution in [3.8, 4) is 0 Å². The van der Waals surface area contributed by atoms with Crippen LogP contribution in [0.5, 0.6) is 0 Å². The number of nitrogens with zero attached hydrogens (tertiary/aromatic N) is 1. The Balaban J connectivity index is 2.68. The highest BCUT2D eigenvalue weighted by Crippen LogP contribution is 2.34. The molecule has 0 aliphatic carbocycles. The highest BCUT2D eigenvalue weighted by atomic mass is 32.2. The first-order chi connectivity index (χ1) is 9.73. The molecule has 3 unspecified atom stereocenters. The fourth-order valence-electron chi connectivity index (χ4n) is 2.43. The van der Waals surface area contributed by atoms with E-state index < -0.39 is 12.0 Å². The number of carboxylic acid groups (broad SMARTS) is 1. The molecule has 1 aliphatic rings. The molecule has 1 aliphatic heterocycles. The summed E-state index contributed by atoms with van der Waals surface area (Å²) < 4.78 is 0. The van der Waals surface area contributed by atoms with Crippen molar-refractivity contribution in [2.75, 3.05) is 5.75 Å². The second-order valence-corrected chi connectivity index (χ2v) is 7.70. The Bertz CT molecular complexity index is 374. The van der Waals surface area contributed by atoms with Gasteiger partial charge in [0.15, 0.2) is 0 Å². The van der Waals surface area contributed by atoms with E-state index in [1.54, 1.807) is 11.8 Å². The van der Waals surface area contributed by atoms with Crippen molar-refractivity contribution < 1.29 is 14.7 Å². The average molecular weight is 316 g/mol. The zero-order chi connectivity index (χ0) is 16.2. The number of amides is 2. The minimum atomic E-state index is -0.921. The molecule has 0 bridgehead atoms. The van der Waals surface area contributed by atoms with Gasteiger partial charge >= 0.3 is 12.0 Å². The van der Waals surface area contributed by atoms with E-state index in [-0.39, 0.29) is 23.4 Å². The van der Waals surface area contributed by atoms with E-state index >= 15 is 0 Å². The highest BCUT2D eigenvalue weighted by molar-refractivity contribution is 8.00. The van der Waals surface area contributed by atoms with E-state index in [0.717, 1.165) is 12.8 Å². The summed E-state index contributed by atoms with van der Waals surface area (Å²) in [7, 11) is 0. The third-order valence-corrected chi connectivity index (χ3v) is 5.29. The van der Waals surface area contributed by atoms with Crippen molar-refractivity contribution in [3.05, 3.63) is 0 Å². The lowest BCUT2D eigenvalue weighted by Crippen LogP contribution is -2.53. The smallest absolute Gasteiger partial charge is 0.327 e. The van der Waals surface area contributed by atoms with Gasteiger partial charge in [-0.15, -0.1) is 11.8 Å². The van der Waals surface area contributed by atoms with Gasteiger partial charge < -0.3 is 10.4 Å². The fraction of sp³-hybridized carbons (Fsp3) is 0.867. The van der Waals surface area contributed by atoms with E-state index in [0.29, 0.717) is 11.7 Å². The van der Waals surface area contributed by atoms with Crippen molar-refractivity contribution in [3.63, 3.8) is 0 Å². The Hall–Kier alpha value is -0.910. The largest absolute Gasteiger partial charge is 0.480 e. The maximum absolute atomic E-state index is 12.5. The molecule has 0 aromatic rings. The van der Waals surface area contributed by atoms with Gasteiger partial charge in [0.1, 0.15) is 6.04 Å². The number of carbonyl (C=O) groups is 2. The van der Waals surface area contributed by atoms with E-state index in [1.807, 2.05) is 20.8 Å². The minimum Gasteiger partial charge on any atom is -0.480 e. The number of carbonyl (C=O) groups excluding carboxylic acids is 1. The molecule has 0 radical (unpaired) electrons. The molecule has 1 heterocycles. The van der Waals surface area contributed by atoms with Crippen LogP contribution in [0.25, 0.3) is 0 Å². The van der Waals surface area contributed by atoms with Gasteiger partial charge in [-0.3, -0.25) is 4.90 Å². The molecule has 6 heteroatoms. The van der Waals surface area contributed by atoms with Crippen molar-refractivity contribution in [1.29, 1.82) is 0 Å². The molecular formula is C15H28N2O3S. The Labute approximate surface area is 131 Å². The van der Waals surface area contributed by atoms with Crippen molar-refractivity contribution in [2.24, 2.45) is 11.8 Å². The summed E-state index contributed by atoms with van der Waals surface area (Å²) in [5.41, 5.74) is 0. The number of nitrogens with one attached hydrogen (secondary N) is 1. The minimum absolute atomic E-state index is 0.0627. The molecule has 0 aromatic heterocycles. The third kappa shape index (κ3) is 5.09. The van der Waals surface area contributed by atoms with E-state index in [4.69, 9.17) is 0 Å². The monoisotopic (exact) mass is 316 g/mol. The van der Waals surface area contributed by atoms with Crippen LogP contribution >= 0.6 is 11.8 Å². The Morgan fingerprint density at radius 3 is 2.33 bits per heavy atom. The number of urea groups is 1. The Kier molecular flexibility index (Phi) is 6.84. The van der Waals surface area contributed by atoms with Crippen LogP contribution in [0.2, 0.25) is 0 Å². The summed E-state index contributed by atoms with van der Waals surface area (Å²) in [4.78, 5) is 25.3. The summed E-state index contributed by atoms with van der Waals surface area (Å²) >= 11 is 1.55. The molecule has 2 N–H and O–H groups in total. The summed E-state index contributed by atoms with van der Waals surface area (Å²) in [6.07, 6.45) is 1.96. The quantitative estimate of drug-likeness (QED) is 0.790. The summed E-state index contributed by atoms with van der Waals surface area (Å²) in [5, 5.41) is 12.2. The molecule has 1 fully saturated rings. The fourth-order valence-corrected chi connectivity index (χ4v) is 3.90. The zero-order valence-electron chi connectivity index (χ0n) is 13.6. The number of thioether (sulfide) groups is 1. The van der Waals surface area contributed by atoms with Gasteiger partial charge in [0.2, 0.25) is 0 Å². The van der Waals surface area contributed by atoms with Crippen LogP contribution in [0.3, 0.4) is 0 Å². The van der Waals surface area contributed by atoms with Crippen LogP contribution in [0, 0.1) is 11.8 Å². The van der Waals surface area contributed by atoms with Crippen LogP contribution in [-0.2, 0) is 4.79 Å². The molecule has 5 nitrogen and oxygen atoms in total. The number of rotatable bonds is 6. The van der Waals surface area contributed by atoms with Gasteiger partial charge in [-0.2, -0.15) is 0 Å². The summed E-state index contributed by atoms with van der Waals surface area (Å²) in [5.74, 6) is 0.375. The summed E-state index contributed by atoms with van der Waals surface area (Å²) in [6, 6.07) is -0.908. The number of hydrogen-bond acceptors (Lipinski definition) is 3. The third-order valence-electron chi connectivity index (χ3n) is 3.67. The van der Waals surface area contributed by atoms with Crippen molar-refractivity contribution in [2.45, 2.75) is 64.9 Å². The standard InChI is InChI=1S/C15H28N2O3S/c1-9(2)6-7-11(5)16-15(20)17-12(14(18)19)8-21-13(17)10(3)4/h9-13H,6-8H2,1-5H3,(H,16,20)(H,18,19). The van der Waals surface area contributed by atoms with Crippen LogP contribution in [0.4, 0.5) is 4.79 Å². The number of carboxylic acids is 1. The van der Waals surface area contributed by atoms with Crippen LogP contribution in [0.15, 0.2) is 0 Å². The molecule has 0 aromatic carbocycles. The van der Waals surface area contributed by atoms with Crippen molar-refractivity contribution >= 4 is 23.8 Å². The van der Waals surface area contributed by atoms with Crippen LogP contribution in [-0.4, -0.2) is 45.2 Å². The maximum atomic E-state index is 12.5. The van der Waals surface area contributed by atoms with Gasteiger partial charge in [0.05, 0.1) is 5.37 Å².